The lowest BCUT2D eigenvalue weighted by molar-refractivity contribution is -0.144. The molecule has 1 aromatic heterocycles. The first-order valence-electron chi connectivity index (χ1n) is 7.05. The van der Waals surface area contributed by atoms with E-state index in [1.165, 1.54) is 11.1 Å². The lowest BCUT2D eigenvalue weighted by Gasteiger charge is -2.11. The summed E-state index contributed by atoms with van der Waals surface area (Å²) in [4.78, 5) is 11.3. The van der Waals surface area contributed by atoms with E-state index in [2.05, 4.69) is 47.6 Å². The summed E-state index contributed by atoms with van der Waals surface area (Å²) in [7, 11) is 0. The molecule has 1 aromatic carbocycles. The Hall–Kier alpha value is -2.24. The third kappa shape index (κ3) is 2.66. The van der Waals surface area contributed by atoms with Crippen molar-refractivity contribution in [1.82, 2.24) is 20.2 Å². The Morgan fingerprint density at radius 3 is 2.71 bits per heavy atom. The van der Waals surface area contributed by atoms with E-state index in [1.807, 2.05) is 0 Å². The smallest absolute Gasteiger partial charge is 0.311 e. The van der Waals surface area contributed by atoms with Crippen molar-refractivity contribution in [2.45, 2.75) is 39.7 Å². The zero-order chi connectivity index (χ0) is 15.0. The van der Waals surface area contributed by atoms with Crippen LogP contribution in [-0.2, 0) is 17.8 Å². The Kier molecular flexibility index (Phi) is 3.23. The summed E-state index contributed by atoms with van der Waals surface area (Å²) in [5, 5.41) is 21.0. The molecule has 6 nitrogen and oxygen atoms in total. The molecular formula is C15H18N4O2. The molecular weight excluding hydrogens is 268 g/mol. The fourth-order valence-electron chi connectivity index (χ4n) is 2.45. The minimum atomic E-state index is -0.755. The summed E-state index contributed by atoms with van der Waals surface area (Å²) < 4.78 is 1.64. The summed E-state index contributed by atoms with van der Waals surface area (Å²) in [5.41, 5.74) is 2.96. The fraction of sp³-hybridized carbons (Fsp3) is 0.467. The summed E-state index contributed by atoms with van der Waals surface area (Å²) >= 11 is 0. The SMILES string of the molecule is Cc1ccc(Cc2nnnn2CC2(C(=O)O)CC2)cc1C. The summed E-state index contributed by atoms with van der Waals surface area (Å²) in [6, 6.07) is 6.27. The van der Waals surface area contributed by atoms with Crippen molar-refractivity contribution in [1.29, 1.82) is 0 Å². The third-order valence-electron chi connectivity index (χ3n) is 4.30. The van der Waals surface area contributed by atoms with Gasteiger partial charge in [0, 0.05) is 6.42 Å². The van der Waals surface area contributed by atoms with E-state index in [-0.39, 0.29) is 0 Å². The number of carboxylic acid groups (broad SMARTS) is 1. The number of nitrogens with zero attached hydrogens (tertiary/aromatic N) is 4. The molecule has 21 heavy (non-hydrogen) atoms. The number of carboxylic acids is 1. The number of aryl methyl sites for hydroxylation is 2. The van der Waals surface area contributed by atoms with Crippen LogP contribution in [0.2, 0.25) is 0 Å². The van der Waals surface area contributed by atoms with Crippen LogP contribution in [0.25, 0.3) is 0 Å². The van der Waals surface area contributed by atoms with Crippen LogP contribution in [0.1, 0.15) is 35.4 Å². The van der Waals surface area contributed by atoms with Gasteiger partial charge in [-0.2, -0.15) is 0 Å². The minimum Gasteiger partial charge on any atom is -0.481 e. The lowest BCUT2D eigenvalue weighted by atomic mass is 10.0. The number of aliphatic carboxylic acids is 1. The predicted octanol–water partition coefficient (Wildman–Crippen LogP) is 1.75. The molecule has 1 fully saturated rings. The van der Waals surface area contributed by atoms with Gasteiger partial charge >= 0.3 is 5.97 Å². The highest BCUT2D eigenvalue weighted by Gasteiger charge is 2.51. The average Bonchev–Trinajstić information content (AvgIpc) is 3.10. The van der Waals surface area contributed by atoms with Crippen molar-refractivity contribution in [3.05, 3.63) is 40.7 Å². The molecule has 0 aliphatic heterocycles. The molecule has 0 radical (unpaired) electrons. The largest absolute Gasteiger partial charge is 0.481 e. The second-order valence-corrected chi connectivity index (χ2v) is 5.93. The second kappa shape index (κ2) is 4.95. The van der Waals surface area contributed by atoms with Gasteiger partial charge < -0.3 is 5.11 Å². The van der Waals surface area contributed by atoms with Crippen molar-refractivity contribution >= 4 is 5.97 Å². The highest BCUT2D eigenvalue weighted by atomic mass is 16.4. The Balaban J connectivity index is 1.79. The van der Waals surface area contributed by atoms with Gasteiger partial charge in [-0.1, -0.05) is 18.2 Å². The number of benzene rings is 1. The van der Waals surface area contributed by atoms with Crippen LogP contribution in [-0.4, -0.2) is 31.3 Å². The van der Waals surface area contributed by atoms with E-state index in [4.69, 9.17) is 0 Å². The Labute approximate surface area is 122 Å². The maximum absolute atomic E-state index is 11.3. The number of tetrazole rings is 1. The summed E-state index contributed by atoms with van der Waals surface area (Å²) in [6.45, 7) is 4.51. The number of carbonyl (C=O) groups is 1. The number of hydrogen-bond acceptors (Lipinski definition) is 4. The topological polar surface area (TPSA) is 80.9 Å². The minimum absolute atomic E-state index is 0.357. The van der Waals surface area contributed by atoms with E-state index in [1.54, 1.807) is 4.68 Å². The fourth-order valence-corrected chi connectivity index (χ4v) is 2.45. The van der Waals surface area contributed by atoms with Crippen molar-refractivity contribution in [2.75, 3.05) is 0 Å². The molecule has 0 saturated heterocycles. The Bertz CT molecular complexity index is 689. The monoisotopic (exact) mass is 286 g/mol. The van der Waals surface area contributed by atoms with Gasteiger partial charge in [-0.25, -0.2) is 4.68 Å². The van der Waals surface area contributed by atoms with Gasteiger partial charge in [0.2, 0.25) is 0 Å². The van der Waals surface area contributed by atoms with Crippen molar-refractivity contribution in [3.63, 3.8) is 0 Å². The van der Waals surface area contributed by atoms with Gasteiger partial charge in [0.05, 0.1) is 12.0 Å². The zero-order valence-corrected chi connectivity index (χ0v) is 12.2. The molecule has 0 unspecified atom stereocenters. The van der Waals surface area contributed by atoms with E-state index in [0.717, 1.165) is 5.56 Å². The van der Waals surface area contributed by atoms with Crippen molar-refractivity contribution in [3.8, 4) is 0 Å². The van der Waals surface area contributed by atoms with E-state index >= 15 is 0 Å². The van der Waals surface area contributed by atoms with Gasteiger partial charge in [-0.3, -0.25) is 4.79 Å². The van der Waals surface area contributed by atoms with Crippen LogP contribution in [0.3, 0.4) is 0 Å². The maximum Gasteiger partial charge on any atom is 0.311 e. The Morgan fingerprint density at radius 2 is 2.10 bits per heavy atom. The molecule has 2 aromatic rings. The molecule has 6 heteroatoms. The standard InChI is InChI=1S/C15H18N4O2/c1-10-3-4-12(7-11(10)2)8-13-16-17-18-19(13)9-15(5-6-15)14(20)21/h3-4,7H,5-6,8-9H2,1-2H3,(H,20,21). The second-order valence-electron chi connectivity index (χ2n) is 5.93. The Morgan fingerprint density at radius 1 is 1.33 bits per heavy atom. The van der Waals surface area contributed by atoms with Gasteiger partial charge in [0.1, 0.15) is 0 Å². The maximum atomic E-state index is 11.3. The first-order chi connectivity index (χ1) is 10.00. The molecule has 0 spiro atoms. The van der Waals surface area contributed by atoms with E-state index in [9.17, 15) is 9.90 Å². The zero-order valence-electron chi connectivity index (χ0n) is 12.2. The quantitative estimate of drug-likeness (QED) is 0.905. The summed E-state index contributed by atoms with van der Waals surface area (Å²) in [5.74, 6) is -0.0408. The number of rotatable bonds is 5. The molecule has 1 aliphatic carbocycles. The molecule has 1 saturated carbocycles. The van der Waals surface area contributed by atoms with Crippen LogP contribution in [0.15, 0.2) is 18.2 Å². The van der Waals surface area contributed by atoms with Crippen molar-refractivity contribution in [2.24, 2.45) is 5.41 Å². The van der Waals surface area contributed by atoms with Gasteiger partial charge in [-0.15, -0.1) is 5.10 Å². The molecule has 0 bridgehead atoms. The van der Waals surface area contributed by atoms with Crippen LogP contribution in [0, 0.1) is 19.3 Å². The van der Waals surface area contributed by atoms with E-state index in [0.29, 0.717) is 31.6 Å². The molecule has 0 amide bonds. The highest BCUT2D eigenvalue weighted by molar-refractivity contribution is 5.77. The lowest BCUT2D eigenvalue weighted by Crippen LogP contribution is -2.23. The van der Waals surface area contributed by atoms with Crippen molar-refractivity contribution < 1.29 is 9.90 Å². The van der Waals surface area contributed by atoms with Crippen LogP contribution < -0.4 is 0 Å². The van der Waals surface area contributed by atoms with Crippen LogP contribution in [0.4, 0.5) is 0 Å². The summed E-state index contributed by atoms with van der Waals surface area (Å²) in [6.07, 6.45) is 2.01. The van der Waals surface area contributed by atoms with E-state index < -0.39 is 11.4 Å². The first kappa shape index (κ1) is 13.7. The molecule has 3 rings (SSSR count). The molecule has 110 valence electrons. The van der Waals surface area contributed by atoms with Gasteiger partial charge in [-0.05, 0) is 53.8 Å². The average molecular weight is 286 g/mol. The third-order valence-corrected chi connectivity index (χ3v) is 4.30. The molecule has 1 heterocycles. The normalized spacial score (nSPS) is 15.9. The van der Waals surface area contributed by atoms with Crippen LogP contribution >= 0.6 is 0 Å². The molecule has 0 atom stereocenters. The van der Waals surface area contributed by atoms with Crippen LogP contribution in [0.5, 0.6) is 0 Å². The van der Waals surface area contributed by atoms with Gasteiger partial charge in [0.25, 0.3) is 0 Å². The predicted molar refractivity (Wildman–Crippen MR) is 75.8 cm³/mol. The number of hydrogen-bond donors (Lipinski definition) is 1. The molecule has 1 N–H and O–H groups in total. The number of aromatic nitrogens is 4. The molecule has 1 aliphatic rings. The van der Waals surface area contributed by atoms with Gasteiger partial charge in [0.15, 0.2) is 5.82 Å². The first-order valence-corrected chi connectivity index (χ1v) is 7.05. The highest BCUT2D eigenvalue weighted by Crippen LogP contribution is 2.47.